The molecule has 0 bridgehead atoms. The summed E-state index contributed by atoms with van der Waals surface area (Å²) in [5.41, 5.74) is 6.76. The van der Waals surface area contributed by atoms with Crippen molar-refractivity contribution in [3.63, 3.8) is 0 Å². The van der Waals surface area contributed by atoms with Crippen LogP contribution in [0.25, 0.3) is 11.0 Å². The fraction of sp³-hybridized carbons (Fsp3) is 0.0952. The lowest BCUT2D eigenvalue weighted by Crippen LogP contribution is -1.93. The van der Waals surface area contributed by atoms with Crippen LogP contribution >= 0.6 is 0 Å². The van der Waals surface area contributed by atoms with Crippen molar-refractivity contribution in [3.8, 4) is 0 Å². The van der Waals surface area contributed by atoms with Gasteiger partial charge in [0.05, 0.1) is 0 Å². The lowest BCUT2D eigenvalue weighted by molar-refractivity contribution is 1.39. The van der Waals surface area contributed by atoms with Gasteiger partial charge in [0.25, 0.3) is 0 Å². The Bertz CT molecular complexity index is 731. The maximum Gasteiger partial charge on any atom is -0.0398 e. The highest BCUT2D eigenvalue weighted by atomic mass is 14.9. The smallest absolute Gasteiger partial charge is 0.0398 e. The Kier molecular flexibility index (Phi) is 4.15. The highest BCUT2D eigenvalue weighted by Crippen LogP contribution is 2.35. The molecule has 0 unspecified atom stereocenters. The summed E-state index contributed by atoms with van der Waals surface area (Å²) in [5.74, 6) is 0. The van der Waals surface area contributed by atoms with E-state index in [4.69, 9.17) is 5.32 Å². The molecule has 0 aliphatic heterocycles. The Hall–Kier alpha value is -2.67. The molecule has 3 rings (SSSR count). The van der Waals surface area contributed by atoms with Crippen LogP contribution in [-0.4, -0.2) is 0 Å². The van der Waals surface area contributed by atoms with E-state index in [9.17, 15) is 0 Å². The third-order valence-electron chi connectivity index (χ3n) is 3.65. The van der Waals surface area contributed by atoms with Gasteiger partial charge in [-0.1, -0.05) is 72.6 Å². The van der Waals surface area contributed by atoms with Crippen molar-refractivity contribution >= 4 is 11.4 Å². The van der Waals surface area contributed by atoms with Gasteiger partial charge in [-0.3, -0.25) is 0 Å². The predicted octanol–water partition coefficient (Wildman–Crippen LogP) is 6.13. The molecule has 0 spiro atoms. The van der Waals surface area contributed by atoms with Gasteiger partial charge in [-0.15, -0.1) is 35.9 Å². The van der Waals surface area contributed by atoms with Crippen molar-refractivity contribution in [1.29, 1.82) is 0 Å². The molecular formula is C21H19N-2. The van der Waals surface area contributed by atoms with Gasteiger partial charge in [0.15, 0.2) is 0 Å². The van der Waals surface area contributed by atoms with Crippen LogP contribution in [0.15, 0.2) is 84.0 Å². The van der Waals surface area contributed by atoms with Crippen molar-refractivity contribution in [3.05, 3.63) is 107 Å². The molecule has 2 aromatic carbocycles. The number of hydrogen-bond acceptors (Lipinski definition) is 0. The molecule has 0 amide bonds. The Balaban J connectivity index is 2.01. The first-order chi connectivity index (χ1) is 10.7. The molecule has 22 heavy (non-hydrogen) atoms. The van der Waals surface area contributed by atoms with E-state index in [-0.39, 0.29) is 0 Å². The van der Waals surface area contributed by atoms with Crippen LogP contribution in [0.5, 0.6) is 0 Å². The predicted molar refractivity (Wildman–Crippen MR) is 94.8 cm³/mol. The molecule has 0 saturated heterocycles. The first-order valence-corrected chi connectivity index (χ1v) is 7.50. The monoisotopic (exact) mass is 285 g/mol. The number of para-hydroxylation sites is 1. The van der Waals surface area contributed by atoms with E-state index in [0.717, 1.165) is 22.5 Å². The van der Waals surface area contributed by atoms with Gasteiger partial charge in [0.2, 0.25) is 0 Å². The van der Waals surface area contributed by atoms with Crippen molar-refractivity contribution in [2.75, 3.05) is 0 Å². The Morgan fingerprint density at radius 3 is 2.23 bits per heavy atom. The van der Waals surface area contributed by atoms with Crippen molar-refractivity contribution in [1.82, 2.24) is 0 Å². The molecule has 1 aliphatic rings. The summed E-state index contributed by atoms with van der Waals surface area (Å²) in [6, 6.07) is 18.6. The average Bonchev–Trinajstić information content (AvgIpc) is 2.56. The summed E-state index contributed by atoms with van der Waals surface area (Å²) >= 11 is 0. The van der Waals surface area contributed by atoms with Crippen molar-refractivity contribution < 1.29 is 0 Å². The van der Waals surface area contributed by atoms with E-state index in [1.54, 1.807) is 0 Å². The summed E-state index contributed by atoms with van der Waals surface area (Å²) in [7, 11) is 0. The molecule has 0 fully saturated rings. The van der Waals surface area contributed by atoms with Crippen LogP contribution in [0.3, 0.4) is 0 Å². The van der Waals surface area contributed by atoms with Gasteiger partial charge < -0.3 is 5.32 Å². The van der Waals surface area contributed by atoms with Crippen LogP contribution in [0.2, 0.25) is 0 Å². The number of benzene rings is 2. The molecule has 1 nitrogen and oxygen atoms in total. The number of aryl methyl sites for hydroxylation is 1. The summed E-state index contributed by atoms with van der Waals surface area (Å²) in [6.07, 6.45) is 8.53. The SMILES string of the molecule is CC1=C[CH-]C(=C([N-]c2ccccc2)c2ccc(C)cc2)C=C1. The Labute approximate surface area is 132 Å². The minimum atomic E-state index is 0.971. The minimum absolute atomic E-state index is 0.971. The molecule has 0 heterocycles. The Morgan fingerprint density at radius 2 is 1.59 bits per heavy atom. The lowest BCUT2D eigenvalue weighted by atomic mass is 9.97. The maximum atomic E-state index is 4.88. The zero-order valence-corrected chi connectivity index (χ0v) is 13.0. The number of hydrogen-bond donors (Lipinski definition) is 0. The maximum absolute atomic E-state index is 4.88. The van der Waals surface area contributed by atoms with E-state index >= 15 is 0 Å². The standard InChI is InChI=1S/C21H19N/c1-16-8-12-18(13-9-16)21(19-14-10-17(2)11-15-19)22-20-6-4-3-5-7-20/h3-15H,1-2H3/q-2. The molecule has 0 radical (unpaired) electrons. The topological polar surface area (TPSA) is 14.1 Å². The van der Waals surface area contributed by atoms with Crippen molar-refractivity contribution in [2.45, 2.75) is 13.8 Å². The van der Waals surface area contributed by atoms with Crippen LogP contribution in [0.4, 0.5) is 5.69 Å². The fourth-order valence-electron chi connectivity index (χ4n) is 2.35. The summed E-state index contributed by atoms with van der Waals surface area (Å²) in [4.78, 5) is 0. The number of allylic oxidation sites excluding steroid dienone is 5. The summed E-state index contributed by atoms with van der Waals surface area (Å²) < 4.78 is 0. The Morgan fingerprint density at radius 1 is 0.864 bits per heavy atom. The lowest BCUT2D eigenvalue weighted by Gasteiger charge is -2.36. The van der Waals surface area contributed by atoms with Crippen LogP contribution in [-0.2, 0) is 0 Å². The largest absolute Gasteiger partial charge is 0.701 e. The average molecular weight is 285 g/mol. The quantitative estimate of drug-likeness (QED) is 0.602. The van der Waals surface area contributed by atoms with Crippen LogP contribution < -0.4 is 0 Å². The van der Waals surface area contributed by atoms with Gasteiger partial charge in [0, 0.05) is 0 Å². The van der Waals surface area contributed by atoms with E-state index < -0.39 is 0 Å². The fourth-order valence-corrected chi connectivity index (χ4v) is 2.35. The molecular weight excluding hydrogens is 266 g/mol. The van der Waals surface area contributed by atoms with Gasteiger partial charge in [-0.05, 0) is 6.92 Å². The second-order valence-corrected chi connectivity index (χ2v) is 5.53. The van der Waals surface area contributed by atoms with E-state index in [0.29, 0.717) is 0 Å². The minimum Gasteiger partial charge on any atom is -0.701 e. The highest BCUT2D eigenvalue weighted by Gasteiger charge is 1.96. The zero-order valence-electron chi connectivity index (χ0n) is 13.0. The highest BCUT2D eigenvalue weighted by molar-refractivity contribution is 5.87. The molecule has 1 heteroatoms. The molecule has 110 valence electrons. The van der Waals surface area contributed by atoms with Crippen LogP contribution in [0.1, 0.15) is 18.1 Å². The normalized spacial score (nSPS) is 15.8. The first-order valence-electron chi connectivity index (χ1n) is 7.50. The van der Waals surface area contributed by atoms with E-state index in [1.807, 2.05) is 30.3 Å². The van der Waals surface area contributed by atoms with Crippen LogP contribution in [0, 0.1) is 13.3 Å². The second kappa shape index (κ2) is 6.40. The van der Waals surface area contributed by atoms with Gasteiger partial charge >= 0.3 is 0 Å². The van der Waals surface area contributed by atoms with E-state index in [2.05, 4.69) is 62.8 Å². The summed E-state index contributed by atoms with van der Waals surface area (Å²) in [6.45, 7) is 4.20. The molecule has 1 aliphatic carbocycles. The second-order valence-electron chi connectivity index (χ2n) is 5.53. The third kappa shape index (κ3) is 3.32. The van der Waals surface area contributed by atoms with Gasteiger partial charge in [-0.2, -0.15) is 5.57 Å². The molecule has 0 N–H and O–H groups in total. The summed E-state index contributed by atoms with van der Waals surface area (Å²) in [5, 5.41) is 4.88. The number of rotatable bonds is 3. The zero-order chi connectivity index (χ0) is 15.4. The van der Waals surface area contributed by atoms with E-state index in [1.165, 1.54) is 11.1 Å². The molecule has 0 aromatic heterocycles. The molecule has 0 saturated carbocycles. The van der Waals surface area contributed by atoms with Crippen molar-refractivity contribution in [2.24, 2.45) is 0 Å². The van der Waals surface area contributed by atoms with Gasteiger partial charge in [-0.25, -0.2) is 5.70 Å². The first kappa shape index (κ1) is 14.3. The number of nitrogens with zero attached hydrogens (tertiary/aromatic N) is 1. The van der Waals surface area contributed by atoms with Gasteiger partial charge in [0.1, 0.15) is 0 Å². The third-order valence-corrected chi connectivity index (χ3v) is 3.65. The molecule has 2 aromatic rings. The molecule has 0 atom stereocenters.